The molecule has 10 nitrogen and oxygen atoms in total. The first-order chi connectivity index (χ1) is 18.7. The van der Waals surface area contributed by atoms with E-state index >= 15 is 0 Å². The van der Waals surface area contributed by atoms with E-state index in [4.69, 9.17) is 11.1 Å². The van der Waals surface area contributed by atoms with Crippen molar-refractivity contribution in [1.29, 1.82) is 5.41 Å². The first-order valence-corrected chi connectivity index (χ1v) is 14.0. The molecule has 0 fully saturated rings. The molecule has 0 radical (unpaired) electrons. The number of carbonyl (C=O) groups excluding carboxylic acids is 2. The Morgan fingerprint density at radius 2 is 1.41 bits per heavy atom. The molecule has 1 unspecified atom stereocenters. The minimum Gasteiger partial charge on any atom is -0.394 e. The molecule has 0 aliphatic heterocycles. The van der Waals surface area contributed by atoms with Crippen molar-refractivity contribution in [2.45, 2.75) is 37.2 Å². The second-order valence-electron chi connectivity index (χ2n) is 9.01. The molecule has 2 amide bonds. The van der Waals surface area contributed by atoms with Crippen molar-refractivity contribution < 1.29 is 23.1 Å². The molecule has 11 heteroatoms. The fraction of sp³-hybridized carbons (Fsp3) is 0.250. The van der Waals surface area contributed by atoms with Crippen LogP contribution in [0.25, 0.3) is 0 Å². The number of aliphatic hydroxyl groups excluding tert-OH is 1. The van der Waals surface area contributed by atoms with Crippen LogP contribution in [0.15, 0.2) is 84.9 Å². The topological polar surface area (TPSA) is 174 Å². The van der Waals surface area contributed by atoms with Crippen molar-refractivity contribution >= 4 is 27.7 Å². The maximum absolute atomic E-state index is 13.1. The normalized spacial score (nSPS) is 12.7. The number of amides is 2. The molecule has 7 N–H and O–H groups in total. The molecule has 206 valence electrons. The third-order valence-electron chi connectivity index (χ3n) is 5.95. The summed E-state index contributed by atoms with van der Waals surface area (Å²) in [6.07, 6.45) is 0.732. The van der Waals surface area contributed by atoms with Crippen molar-refractivity contribution in [3.8, 4) is 0 Å². The Morgan fingerprint density at radius 3 is 1.97 bits per heavy atom. The minimum atomic E-state index is -3.95. The van der Waals surface area contributed by atoms with Gasteiger partial charge in [0.15, 0.2) is 0 Å². The number of benzene rings is 3. The molecule has 0 saturated heterocycles. The Hall–Kier alpha value is -4.06. The van der Waals surface area contributed by atoms with Crippen LogP contribution >= 0.6 is 0 Å². The Balaban J connectivity index is 1.67. The van der Waals surface area contributed by atoms with Crippen LogP contribution in [0.1, 0.15) is 28.7 Å². The Labute approximate surface area is 228 Å². The van der Waals surface area contributed by atoms with Crippen LogP contribution in [0.2, 0.25) is 0 Å². The molecule has 0 aliphatic carbocycles. The zero-order valence-corrected chi connectivity index (χ0v) is 22.2. The van der Waals surface area contributed by atoms with Crippen LogP contribution in [0.5, 0.6) is 0 Å². The predicted octanol–water partition coefficient (Wildman–Crippen LogP) is 1.18. The van der Waals surface area contributed by atoms with Gasteiger partial charge in [-0.3, -0.25) is 15.0 Å². The highest BCUT2D eigenvalue weighted by molar-refractivity contribution is 7.88. The van der Waals surface area contributed by atoms with E-state index in [9.17, 15) is 23.1 Å². The van der Waals surface area contributed by atoms with Crippen LogP contribution in [-0.2, 0) is 38.3 Å². The average molecular weight is 552 g/mol. The number of hydrogen-bond donors (Lipinski definition) is 6. The maximum atomic E-state index is 13.1. The molecule has 2 atom stereocenters. The van der Waals surface area contributed by atoms with Crippen LogP contribution < -0.4 is 21.1 Å². The molecule has 0 heterocycles. The fourth-order valence-corrected chi connectivity index (χ4v) is 5.17. The van der Waals surface area contributed by atoms with Gasteiger partial charge >= 0.3 is 0 Å². The van der Waals surface area contributed by atoms with Gasteiger partial charge in [-0.15, -0.1) is 0 Å². The van der Waals surface area contributed by atoms with Gasteiger partial charge in [0.2, 0.25) is 21.8 Å². The third-order valence-corrected chi connectivity index (χ3v) is 7.31. The Kier molecular flexibility index (Phi) is 10.7. The van der Waals surface area contributed by atoms with Gasteiger partial charge in [-0.05, 0) is 29.5 Å². The summed E-state index contributed by atoms with van der Waals surface area (Å²) in [6.45, 7) is -0.614. The molecule has 0 saturated carbocycles. The van der Waals surface area contributed by atoms with Gasteiger partial charge in [0, 0.05) is 12.1 Å². The predicted molar refractivity (Wildman–Crippen MR) is 149 cm³/mol. The number of nitrogens with two attached hydrogens (primary N) is 1. The number of hydrogen-bond acceptors (Lipinski definition) is 6. The average Bonchev–Trinajstić information content (AvgIpc) is 2.93. The molecular weight excluding hydrogens is 518 g/mol. The Morgan fingerprint density at radius 1 is 0.821 bits per heavy atom. The van der Waals surface area contributed by atoms with Crippen molar-refractivity contribution in [1.82, 2.24) is 15.4 Å². The number of sulfonamides is 1. The quantitative estimate of drug-likeness (QED) is 0.130. The lowest BCUT2D eigenvalue weighted by Crippen LogP contribution is -2.55. The van der Waals surface area contributed by atoms with Gasteiger partial charge < -0.3 is 21.5 Å². The summed E-state index contributed by atoms with van der Waals surface area (Å²) in [7, 11) is -3.95. The largest absolute Gasteiger partial charge is 0.394 e. The number of nitrogens with one attached hydrogen (secondary N) is 4. The van der Waals surface area contributed by atoms with Crippen LogP contribution in [0.4, 0.5) is 0 Å². The molecule has 0 bridgehead atoms. The van der Waals surface area contributed by atoms with Gasteiger partial charge in [0.05, 0.1) is 12.4 Å². The smallest absolute Gasteiger partial charge is 0.242 e. The van der Waals surface area contributed by atoms with E-state index in [1.165, 1.54) is 0 Å². The van der Waals surface area contributed by atoms with E-state index in [2.05, 4.69) is 15.4 Å². The van der Waals surface area contributed by atoms with Crippen molar-refractivity contribution in [2.24, 2.45) is 5.73 Å². The van der Waals surface area contributed by atoms with Gasteiger partial charge in [-0.2, -0.15) is 0 Å². The number of aliphatic hydroxyl groups is 1. The zero-order valence-electron chi connectivity index (χ0n) is 21.3. The van der Waals surface area contributed by atoms with E-state index < -0.39 is 40.5 Å². The van der Waals surface area contributed by atoms with Crippen LogP contribution in [-0.4, -0.2) is 49.9 Å². The van der Waals surface area contributed by atoms with E-state index in [0.717, 1.165) is 11.1 Å². The Bertz CT molecular complexity index is 1350. The van der Waals surface area contributed by atoms with Gasteiger partial charge in [0.1, 0.15) is 17.9 Å². The summed E-state index contributed by atoms with van der Waals surface area (Å²) in [4.78, 5) is 26.1. The van der Waals surface area contributed by atoms with E-state index in [1.807, 2.05) is 30.3 Å². The zero-order chi connectivity index (χ0) is 28.3. The summed E-state index contributed by atoms with van der Waals surface area (Å²) in [5.41, 5.74) is 8.29. The molecule has 0 aliphatic rings. The number of nitrogen functional groups attached to an aromatic ring is 1. The van der Waals surface area contributed by atoms with E-state index in [0.29, 0.717) is 17.5 Å². The standard InChI is InChI=1S/C28H33N5O5S/c29-26(30)23-14-11-21(12-15-23)17-31-27(35)24(16-13-20-7-3-1-4-8-20)32-28(36)25(18-34)33-39(37,38)19-22-9-5-2-6-10-22/h1-12,14-15,24-25,33-34H,13,16-19H2,(H3,29,30)(H,31,35)(H,32,36)/t24?,25-/m1/s1. The van der Waals surface area contributed by atoms with Gasteiger partial charge in [-0.25, -0.2) is 13.1 Å². The SMILES string of the molecule is N=C(N)c1ccc(CNC(=O)C(CCc2ccccc2)NC(=O)[C@@H](CO)NS(=O)(=O)Cc2ccccc2)cc1. The molecule has 3 aromatic carbocycles. The highest BCUT2D eigenvalue weighted by Gasteiger charge is 2.28. The minimum absolute atomic E-state index is 0.0629. The van der Waals surface area contributed by atoms with Crippen LogP contribution in [0.3, 0.4) is 0 Å². The van der Waals surface area contributed by atoms with Crippen molar-refractivity contribution in [2.75, 3.05) is 6.61 Å². The molecule has 0 aromatic heterocycles. The summed E-state index contributed by atoms with van der Waals surface area (Å²) in [6, 6.07) is 22.2. The number of aryl methyl sites for hydroxylation is 1. The lowest BCUT2D eigenvalue weighted by molar-refractivity contribution is -0.130. The fourth-order valence-electron chi connectivity index (χ4n) is 3.84. The van der Waals surface area contributed by atoms with Gasteiger partial charge in [0.25, 0.3) is 0 Å². The maximum Gasteiger partial charge on any atom is 0.242 e. The number of carbonyl (C=O) groups is 2. The van der Waals surface area contributed by atoms with E-state index in [-0.39, 0.29) is 24.6 Å². The van der Waals surface area contributed by atoms with Gasteiger partial charge in [-0.1, -0.05) is 84.9 Å². The monoisotopic (exact) mass is 551 g/mol. The van der Waals surface area contributed by atoms with Crippen molar-refractivity contribution in [3.05, 3.63) is 107 Å². The third kappa shape index (κ3) is 9.64. The van der Waals surface area contributed by atoms with Crippen LogP contribution in [0, 0.1) is 5.41 Å². The molecule has 3 aromatic rings. The van der Waals surface area contributed by atoms with E-state index in [1.54, 1.807) is 54.6 Å². The summed E-state index contributed by atoms with van der Waals surface area (Å²) in [5.74, 6) is -1.70. The number of amidine groups is 1. The molecule has 3 rings (SSSR count). The molecule has 39 heavy (non-hydrogen) atoms. The molecular formula is C28H33N5O5S. The number of rotatable bonds is 14. The summed E-state index contributed by atoms with van der Waals surface area (Å²) < 4.78 is 27.5. The lowest BCUT2D eigenvalue weighted by Gasteiger charge is -2.22. The molecule has 0 spiro atoms. The first-order valence-electron chi connectivity index (χ1n) is 12.4. The summed E-state index contributed by atoms with van der Waals surface area (Å²) in [5, 5.41) is 22.7. The lowest BCUT2D eigenvalue weighted by atomic mass is 10.0. The highest BCUT2D eigenvalue weighted by Crippen LogP contribution is 2.09. The van der Waals surface area contributed by atoms with Crippen molar-refractivity contribution in [3.63, 3.8) is 0 Å². The second kappa shape index (κ2) is 14.2. The first kappa shape index (κ1) is 29.5. The summed E-state index contributed by atoms with van der Waals surface area (Å²) >= 11 is 0. The highest BCUT2D eigenvalue weighted by atomic mass is 32.2. The second-order valence-corrected chi connectivity index (χ2v) is 10.8.